The molecule has 0 amide bonds. The summed E-state index contributed by atoms with van der Waals surface area (Å²) in [7, 11) is 0.764. The minimum atomic E-state index is -3.12. The molecule has 100 valence electrons. The van der Waals surface area contributed by atoms with Crippen molar-refractivity contribution in [3.8, 4) is 0 Å². The number of sulfonamides is 1. The maximum absolute atomic E-state index is 12.1. The Kier molecular flexibility index (Phi) is 3.77. The van der Waals surface area contributed by atoms with Crippen molar-refractivity contribution in [1.29, 1.82) is 0 Å². The van der Waals surface area contributed by atoms with Crippen LogP contribution in [0.1, 0.15) is 19.3 Å². The van der Waals surface area contributed by atoms with Crippen LogP contribution in [-0.2, 0) is 10.0 Å². The predicted octanol–water partition coefficient (Wildman–Crippen LogP) is -0.390. The first-order valence-electron chi connectivity index (χ1n) is 6.29. The summed E-state index contributed by atoms with van der Waals surface area (Å²) in [6.07, 6.45) is 3.01. The van der Waals surface area contributed by atoms with Crippen molar-refractivity contribution in [3.05, 3.63) is 0 Å². The second-order valence-corrected chi connectivity index (χ2v) is 7.61. The fourth-order valence-electron chi connectivity index (χ4n) is 2.49. The van der Waals surface area contributed by atoms with Gasteiger partial charge in [-0.1, -0.05) is 0 Å². The van der Waals surface area contributed by atoms with Gasteiger partial charge in [0.05, 0.1) is 5.25 Å². The van der Waals surface area contributed by atoms with Gasteiger partial charge in [-0.3, -0.25) is 0 Å². The maximum atomic E-state index is 12.1. The first-order chi connectivity index (χ1) is 7.97. The van der Waals surface area contributed by atoms with Crippen LogP contribution in [0.25, 0.3) is 0 Å². The third-order valence-electron chi connectivity index (χ3n) is 3.94. The summed E-state index contributed by atoms with van der Waals surface area (Å²) in [6.45, 7) is 3.04. The van der Waals surface area contributed by atoms with Gasteiger partial charge >= 0.3 is 0 Å². The molecule has 6 heteroatoms. The van der Waals surface area contributed by atoms with Crippen molar-refractivity contribution in [2.24, 2.45) is 5.41 Å². The third kappa shape index (κ3) is 3.19. The highest BCUT2D eigenvalue weighted by atomic mass is 32.2. The van der Waals surface area contributed by atoms with Crippen LogP contribution < -0.4 is 10.0 Å². The van der Waals surface area contributed by atoms with E-state index in [2.05, 4.69) is 14.9 Å². The average molecular weight is 261 g/mol. The van der Waals surface area contributed by atoms with Gasteiger partial charge in [-0.05, 0) is 45.3 Å². The molecule has 1 saturated heterocycles. The molecule has 1 unspecified atom stereocenters. The Morgan fingerprint density at radius 2 is 2.06 bits per heavy atom. The molecule has 0 bridgehead atoms. The van der Waals surface area contributed by atoms with E-state index in [1.54, 1.807) is 0 Å². The molecule has 0 radical (unpaired) electrons. The fraction of sp³-hybridized carbons (Fsp3) is 1.00. The van der Waals surface area contributed by atoms with Gasteiger partial charge in [0, 0.05) is 19.6 Å². The molecule has 0 aromatic rings. The molecule has 0 aromatic carbocycles. The fourth-order valence-corrected chi connectivity index (χ4v) is 4.10. The Bertz CT molecular complexity index is 365. The molecule has 2 rings (SSSR count). The highest BCUT2D eigenvalue weighted by molar-refractivity contribution is 7.90. The van der Waals surface area contributed by atoms with Gasteiger partial charge in [-0.2, -0.15) is 0 Å². The lowest BCUT2D eigenvalue weighted by atomic mass is 10.1. The topological polar surface area (TPSA) is 61.4 Å². The quantitative estimate of drug-likeness (QED) is 0.683. The van der Waals surface area contributed by atoms with Gasteiger partial charge in [0.2, 0.25) is 10.0 Å². The molecule has 1 saturated carbocycles. The Morgan fingerprint density at radius 3 is 2.53 bits per heavy atom. The minimum absolute atomic E-state index is 0.187. The molecule has 1 atom stereocenters. The van der Waals surface area contributed by atoms with Crippen LogP contribution in [0.3, 0.4) is 0 Å². The van der Waals surface area contributed by atoms with E-state index < -0.39 is 10.0 Å². The molecule has 5 nitrogen and oxygen atoms in total. The van der Waals surface area contributed by atoms with E-state index in [1.165, 1.54) is 0 Å². The van der Waals surface area contributed by atoms with Gasteiger partial charge in [-0.25, -0.2) is 13.1 Å². The lowest BCUT2D eigenvalue weighted by Gasteiger charge is -2.18. The summed E-state index contributed by atoms with van der Waals surface area (Å²) >= 11 is 0. The van der Waals surface area contributed by atoms with Crippen molar-refractivity contribution < 1.29 is 8.42 Å². The van der Waals surface area contributed by atoms with E-state index in [0.29, 0.717) is 13.1 Å². The second kappa shape index (κ2) is 4.84. The van der Waals surface area contributed by atoms with E-state index in [-0.39, 0.29) is 10.7 Å². The molecule has 0 aromatic heterocycles. The lowest BCUT2D eigenvalue weighted by Crippen LogP contribution is -2.40. The van der Waals surface area contributed by atoms with Crippen LogP contribution in [0.2, 0.25) is 0 Å². The SMILES string of the molecule is CNCC1(CNS(=O)(=O)C2CCN(C)C2)CC1. The van der Waals surface area contributed by atoms with E-state index in [4.69, 9.17) is 0 Å². The van der Waals surface area contributed by atoms with Gasteiger partial charge in [-0.15, -0.1) is 0 Å². The molecule has 1 aliphatic carbocycles. The molecule has 2 fully saturated rings. The number of likely N-dealkylation sites (tertiary alicyclic amines) is 1. The predicted molar refractivity (Wildman–Crippen MR) is 68.4 cm³/mol. The summed E-state index contributed by atoms with van der Waals surface area (Å²) in [5.41, 5.74) is 0.187. The van der Waals surface area contributed by atoms with Crippen molar-refractivity contribution in [2.45, 2.75) is 24.5 Å². The van der Waals surface area contributed by atoms with E-state index in [9.17, 15) is 8.42 Å². The van der Waals surface area contributed by atoms with Crippen molar-refractivity contribution in [3.63, 3.8) is 0 Å². The third-order valence-corrected chi connectivity index (χ3v) is 5.75. The molecule has 2 aliphatic rings. The zero-order valence-electron chi connectivity index (χ0n) is 10.7. The molecular formula is C11H23N3O2S. The zero-order chi connectivity index (χ0) is 12.5. The lowest BCUT2D eigenvalue weighted by molar-refractivity contribution is 0.416. The maximum Gasteiger partial charge on any atom is 0.215 e. The molecule has 0 spiro atoms. The normalized spacial score (nSPS) is 28.5. The summed E-state index contributed by atoms with van der Waals surface area (Å²) in [4.78, 5) is 2.07. The Balaban J connectivity index is 1.86. The summed E-state index contributed by atoms with van der Waals surface area (Å²) < 4.78 is 27.0. The van der Waals surface area contributed by atoms with Crippen LogP contribution in [-0.4, -0.2) is 58.8 Å². The largest absolute Gasteiger partial charge is 0.319 e. The van der Waals surface area contributed by atoms with E-state index in [0.717, 1.165) is 32.4 Å². The van der Waals surface area contributed by atoms with Gasteiger partial charge in [0.25, 0.3) is 0 Å². The van der Waals surface area contributed by atoms with Crippen LogP contribution >= 0.6 is 0 Å². The minimum Gasteiger partial charge on any atom is -0.319 e. The highest BCUT2D eigenvalue weighted by Gasteiger charge is 2.43. The molecule has 2 N–H and O–H groups in total. The van der Waals surface area contributed by atoms with Crippen LogP contribution in [0.4, 0.5) is 0 Å². The number of rotatable bonds is 6. The van der Waals surface area contributed by atoms with Gasteiger partial charge in [0.1, 0.15) is 0 Å². The number of nitrogens with one attached hydrogen (secondary N) is 2. The molecule has 17 heavy (non-hydrogen) atoms. The zero-order valence-corrected chi connectivity index (χ0v) is 11.5. The number of hydrogen-bond donors (Lipinski definition) is 2. The molecular weight excluding hydrogens is 238 g/mol. The van der Waals surface area contributed by atoms with Crippen molar-refractivity contribution >= 4 is 10.0 Å². The Morgan fingerprint density at radius 1 is 1.35 bits per heavy atom. The standard InChI is InChI=1S/C11H23N3O2S/c1-12-8-11(4-5-11)9-13-17(15,16)10-3-6-14(2)7-10/h10,12-13H,3-9H2,1-2H3. The van der Waals surface area contributed by atoms with E-state index >= 15 is 0 Å². The first-order valence-corrected chi connectivity index (χ1v) is 7.84. The smallest absolute Gasteiger partial charge is 0.215 e. The van der Waals surface area contributed by atoms with Crippen LogP contribution in [0.5, 0.6) is 0 Å². The van der Waals surface area contributed by atoms with Crippen LogP contribution in [0.15, 0.2) is 0 Å². The Hall–Kier alpha value is -0.170. The molecule has 1 heterocycles. The molecule has 1 aliphatic heterocycles. The highest BCUT2D eigenvalue weighted by Crippen LogP contribution is 2.44. The van der Waals surface area contributed by atoms with Crippen molar-refractivity contribution in [1.82, 2.24) is 14.9 Å². The number of hydrogen-bond acceptors (Lipinski definition) is 4. The first kappa shape index (κ1) is 13.3. The summed E-state index contributed by atoms with van der Waals surface area (Å²) in [5, 5.41) is 2.92. The Labute approximate surface area is 104 Å². The number of nitrogens with zero attached hydrogens (tertiary/aromatic N) is 1. The summed E-state index contributed by atoms with van der Waals surface area (Å²) in [5.74, 6) is 0. The van der Waals surface area contributed by atoms with Gasteiger partial charge in [0.15, 0.2) is 0 Å². The summed E-state index contributed by atoms with van der Waals surface area (Å²) in [6, 6.07) is 0. The average Bonchev–Trinajstić information content (AvgIpc) is 2.89. The monoisotopic (exact) mass is 261 g/mol. The van der Waals surface area contributed by atoms with Crippen molar-refractivity contribution in [2.75, 3.05) is 40.3 Å². The second-order valence-electron chi connectivity index (χ2n) is 5.57. The van der Waals surface area contributed by atoms with Gasteiger partial charge < -0.3 is 10.2 Å². The van der Waals surface area contributed by atoms with E-state index in [1.807, 2.05) is 14.1 Å². The van der Waals surface area contributed by atoms with Crippen LogP contribution in [0, 0.1) is 5.41 Å².